The van der Waals surface area contributed by atoms with Crippen LogP contribution in [0.2, 0.25) is 0 Å². The Morgan fingerprint density at radius 3 is 2.21 bits per heavy atom. The zero-order valence-corrected chi connectivity index (χ0v) is 18.4. The molecule has 1 aliphatic carbocycles. The largest absolute Gasteiger partial charge is 0.457 e. The van der Waals surface area contributed by atoms with Gasteiger partial charge in [0.05, 0.1) is 5.60 Å². The third-order valence-corrected chi connectivity index (χ3v) is 6.35. The molecule has 1 N–H and O–H groups in total. The summed E-state index contributed by atoms with van der Waals surface area (Å²) in [6.45, 7) is 5.78. The molecular weight excluding hydrogens is 382 g/mol. The van der Waals surface area contributed by atoms with Crippen molar-refractivity contribution >= 4 is 17.7 Å². The van der Waals surface area contributed by atoms with Crippen LogP contribution >= 0.6 is 11.8 Å². The molecule has 2 aromatic carbocycles. The molecule has 2 aromatic rings. The second kappa shape index (κ2) is 9.68. The molecule has 3 rings (SSSR count). The van der Waals surface area contributed by atoms with Crippen LogP contribution in [0.1, 0.15) is 59.3 Å². The van der Waals surface area contributed by atoms with Crippen molar-refractivity contribution in [3.63, 3.8) is 0 Å². The van der Waals surface area contributed by atoms with Gasteiger partial charge in [0.2, 0.25) is 5.91 Å². The van der Waals surface area contributed by atoms with E-state index in [9.17, 15) is 4.79 Å². The Labute approximate surface area is 178 Å². The van der Waals surface area contributed by atoms with Crippen molar-refractivity contribution in [3.05, 3.63) is 54.6 Å². The zero-order chi connectivity index (χ0) is 20.7. The second-order valence-corrected chi connectivity index (χ2v) is 10.2. The number of hydrogen-bond acceptors (Lipinski definition) is 4. The molecule has 4 nitrogen and oxygen atoms in total. The molecule has 1 saturated carbocycles. The summed E-state index contributed by atoms with van der Waals surface area (Å²) in [4.78, 5) is 19.2. The third kappa shape index (κ3) is 7.09. The van der Waals surface area contributed by atoms with Gasteiger partial charge in [0.15, 0.2) is 0 Å². The van der Waals surface area contributed by atoms with Crippen LogP contribution in [-0.2, 0) is 9.63 Å². The number of ether oxygens (including phenoxy) is 1. The van der Waals surface area contributed by atoms with Crippen LogP contribution in [0.4, 0.5) is 0 Å². The number of carbonyl (C=O) groups is 1. The molecule has 0 spiro atoms. The highest BCUT2D eigenvalue weighted by atomic mass is 32.2. The van der Waals surface area contributed by atoms with Gasteiger partial charge in [-0.2, -0.15) is 0 Å². The number of rotatable bonds is 7. The molecule has 0 aliphatic heterocycles. The molecule has 0 aromatic heterocycles. The smallest absolute Gasteiger partial charge is 0.244 e. The summed E-state index contributed by atoms with van der Waals surface area (Å²) in [7, 11) is 0. The monoisotopic (exact) mass is 413 g/mol. The van der Waals surface area contributed by atoms with Crippen LogP contribution in [-0.4, -0.2) is 16.3 Å². The number of hydrogen-bond donors (Lipinski definition) is 1. The van der Waals surface area contributed by atoms with Crippen molar-refractivity contribution in [2.75, 3.05) is 0 Å². The Balaban J connectivity index is 1.64. The van der Waals surface area contributed by atoms with E-state index in [4.69, 9.17) is 9.57 Å². The van der Waals surface area contributed by atoms with E-state index in [0.717, 1.165) is 42.1 Å². The Hall–Kier alpha value is -1.98. The van der Waals surface area contributed by atoms with Gasteiger partial charge in [-0.15, -0.1) is 11.8 Å². The molecule has 0 unspecified atom stereocenters. The topological polar surface area (TPSA) is 47.6 Å². The van der Waals surface area contributed by atoms with Crippen LogP contribution < -0.4 is 10.2 Å². The van der Waals surface area contributed by atoms with Crippen LogP contribution in [0.15, 0.2) is 59.5 Å². The maximum Gasteiger partial charge on any atom is 0.244 e. The van der Waals surface area contributed by atoms with E-state index < -0.39 is 5.60 Å². The number of nitrogens with one attached hydrogen (secondary N) is 1. The van der Waals surface area contributed by atoms with Crippen molar-refractivity contribution in [1.29, 1.82) is 0 Å². The first-order chi connectivity index (χ1) is 13.8. The van der Waals surface area contributed by atoms with E-state index in [1.54, 1.807) is 0 Å². The molecule has 0 radical (unpaired) electrons. The predicted octanol–water partition coefficient (Wildman–Crippen LogP) is 6.51. The van der Waals surface area contributed by atoms with Gasteiger partial charge in [-0.3, -0.25) is 9.63 Å². The Morgan fingerprint density at radius 2 is 1.59 bits per heavy atom. The molecule has 1 amide bonds. The quantitative estimate of drug-likeness (QED) is 0.526. The number of para-hydroxylation sites is 1. The normalized spacial score (nSPS) is 16.2. The minimum absolute atomic E-state index is 0.0432. The predicted molar refractivity (Wildman–Crippen MR) is 118 cm³/mol. The van der Waals surface area contributed by atoms with E-state index in [1.165, 1.54) is 6.42 Å². The fraction of sp³-hybridized carbons (Fsp3) is 0.458. The molecular formula is C24H31NO3S. The van der Waals surface area contributed by atoms with Gasteiger partial charge in [-0.1, -0.05) is 37.5 Å². The van der Waals surface area contributed by atoms with E-state index in [-0.39, 0.29) is 10.7 Å². The van der Waals surface area contributed by atoms with Crippen molar-refractivity contribution in [3.8, 4) is 11.5 Å². The molecule has 0 bridgehead atoms. The highest BCUT2D eigenvalue weighted by Crippen LogP contribution is 2.46. The lowest BCUT2D eigenvalue weighted by atomic mass is 9.86. The lowest BCUT2D eigenvalue weighted by molar-refractivity contribution is -0.146. The standard InChI is InChI=1S/C24H31NO3S/c1-23(2,3)28-25-22(26)18-24(16-8-5-9-17-24)29-21-14-12-20(13-15-21)27-19-10-6-4-7-11-19/h4,6-7,10-15H,5,8-9,16-18H2,1-3H3,(H,25,26). The van der Waals surface area contributed by atoms with Gasteiger partial charge in [-0.05, 0) is 70.0 Å². The first-order valence-electron chi connectivity index (χ1n) is 10.3. The number of amides is 1. The summed E-state index contributed by atoms with van der Waals surface area (Å²) in [5, 5.41) is 0. The van der Waals surface area contributed by atoms with Gasteiger partial charge in [0.1, 0.15) is 11.5 Å². The number of carbonyl (C=O) groups excluding carboxylic acids is 1. The minimum Gasteiger partial charge on any atom is -0.457 e. The average molecular weight is 414 g/mol. The summed E-state index contributed by atoms with van der Waals surface area (Å²) in [6, 6.07) is 17.9. The second-order valence-electron chi connectivity index (χ2n) is 8.65. The van der Waals surface area contributed by atoms with Crippen LogP contribution in [0.3, 0.4) is 0 Å². The lowest BCUT2D eigenvalue weighted by Crippen LogP contribution is -2.39. The summed E-state index contributed by atoms with van der Waals surface area (Å²) in [5.41, 5.74) is 2.25. The first kappa shape index (κ1) is 21.7. The van der Waals surface area contributed by atoms with Crippen molar-refractivity contribution in [2.24, 2.45) is 0 Å². The van der Waals surface area contributed by atoms with Crippen molar-refractivity contribution < 1.29 is 14.4 Å². The fourth-order valence-corrected chi connectivity index (χ4v) is 4.97. The highest BCUT2D eigenvalue weighted by molar-refractivity contribution is 8.00. The number of thioether (sulfide) groups is 1. The lowest BCUT2D eigenvalue weighted by Gasteiger charge is -2.36. The maximum atomic E-state index is 12.5. The number of benzene rings is 2. The van der Waals surface area contributed by atoms with E-state index in [0.29, 0.717) is 6.42 Å². The summed E-state index contributed by atoms with van der Waals surface area (Å²) < 4.78 is 5.81. The fourth-order valence-electron chi connectivity index (χ4n) is 3.50. The average Bonchev–Trinajstić information content (AvgIpc) is 2.69. The Kier molecular flexibility index (Phi) is 7.25. The molecule has 29 heavy (non-hydrogen) atoms. The van der Waals surface area contributed by atoms with Crippen LogP contribution in [0.5, 0.6) is 11.5 Å². The first-order valence-corrected chi connectivity index (χ1v) is 11.1. The van der Waals surface area contributed by atoms with Gasteiger partial charge >= 0.3 is 0 Å². The third-order valence-electron chi connectivity index (χ3n) is 4.86. The Bertz CT molecular complexity index is 778. The molecule has 0 saturated heterocycles. The van der Waals surface area contributed by atoms with Crippen LogP contribution in [0, 0.1) is 0 Å². The van der Waals surface area contributed by atoms with Gasteiger partial charge < -0.3 is 4.74 Å². The molecule has 5 heteroatoms. The summed E-state index contributed by atoms with van der Waals surface area (Å²) >= 11 is 1.82. The Morgan fingerprint density at radius 1 is 0.966 bits per heavy atom. The van der Waals surface area contributed by atoms with Crippen molar-refractivity contribution in [2.45, 2.75) is 74.5 Å². The van der Waals surface area contributed by atoms with E-state index >= 15 is 0 Å². The van der Waals surface area contributed by atoms with Crippen LogP contribution in [0.25, 0.3) is 0 Å². The van der Waals surface area contributed by atoms with Gasteiger partial charge in [0, 0.05) is 16.1 Å². The molecule has 1 aliphatic rings. The minimum atomic E-state index is -0.392. The summed E-state index contributed by atoms with van der Waals surface area (Å²) in [6.07, 6.45) is 6.12. The van der Waals surface area contributed by atoms with Gasteiger partial charge in [-0.25, -0.2) is 5.48 Å². The van der Waals surface area contributed by atoms with E-state index in [1.807, 2.05) is 75.0 Å². The maximum absolute atomic E-state index is 12.5. The van der Waals surface area contributed by atoms with Gasteiger partial charge in [0.25, 0.3) is 0 Å². The van der Waals surface area contributed by atoms with E-state index in [2.05, 4.69) is 17.6 Å². The zero-order valence-electron chi connectivity index (χ0n) is 17.6. The SMILES string of the molecule is CC(C)(C)ONC(=O)CC1(Sc2ccc(Oc3ccccc3)cc2)CCCCC1. The molecule has 156 valence electrons. The molecule has 0 heterocycles. The number of hydroxylamine groups is 1. The summed E-state index contributed by atoms with van der Waals surface area (Å²) in [5.74, 6) is 1.60. The molecule has 1 fully saturated rings. The van der Waals surface area contributed by atoms with Crippen molar-refractivity contribution in [1.82, 2.24) is 5.48 Å². The highest BCUT2D eigenvalue weighted by Gasteiger charge is 2.36. The molecule has 0 atom stereocenters.